The van der Waals surface area contributed by atoms with Crippen LogP contribution in [0.1, 0.15) is 18.1 Å². The van der Waals surface area contributed by atoms with Crippen molar-refractivity contribution in [2.45, 2.75) is 19.9 Å². The number of hydrogen-bond acceptors (Lipinski definition) is 1. The molecular formula is C10H14ClN. The molecule has 0 unspecified atom stereocenters. The SMILES string of the molecule is CCc1ccc(Cl)c(CNC)c1. The first kappa shape index (κ1) is 9.56. The molecule has 1 aromatic carbocycles. The molecule has 0 aliphatic rings. The van der Waals surface area contributed by atoms with Gasteiger partial charge in [-0.2, -0.15) is 0 Å². The van der Waals surface area contributed by atoms with E-state index in [4.69, 9.17) is 11.6 Å². The zero-order valence-corrected chi connectivity index (χ0v) is 8.28. The van der Waals surface area contributed by atoms with E-state index in [9.17, 15) is 0 Å². The van der Waals surface area contributed by atoms with E-state index in [0.29, 0.717) is 0 Å². The van der Waals surface area contributed by atoms with Gasteiger partial charge < -0.3 is 5.32 Å². The van der Waals surface area contributed by atoms with Crippen molar-refractivity contribution in [1.29, 1.82) is 0 Å². The van der Waals surface area contributed by atoms with Crippen molar-refractivity contribution in [1.82, 2.24) is 5.32 Å². The van der Waals surface area contributed by atoms with Crippen molar-refractivity contribution in [3.05, 3.63) is 34.3 Å². The lowest BCUT2D eigenvalue weighted by Crippen LogP contribution is -2.05. The third kappa shape index (κ3) is 2.23. The first-order valence-corrected chi connectivity index (χ1v) is 4.57. The van der Waals surface area contributed by atoms with Gasteiger partial charge in [-0.05, 0) is 30.7 Å². The molecule has 1 N–H and O–H groups in total. The van der Waals surface area contributed by atoms with Gasteiger partial charge in [-0.1, -0.05) is 30.7 Å². The number of rotatable bonds is 3. The maximum atomic E-state index is 5.99. The smallest absolute Gasteiger partial charge is 0.0451 e. The van der Waals surface area contributed by atoms with E-state index >= 15 is 0 Å². The van der Waals surface area contributed by atoms with E-state index in [1.807, 2.05) is 13.1 Å². The summed E-state index contributed by atoms with van der Waals surface area (Å²) in [5.74, 6) is 0. The highest BCUT2D eigenvalue weighted by molar-refractivity contribution is 6.31. The van der Waals surface area contributed by atoms with Crippen LogP contribution in [0.4, 0.5) is 0 Å². The second-order valence-corrected chi connectivity index (χ2v) is 3.22. The Labute approximate surface area is 78.7 Å². The molecule has 0 aliphatic heterocycles. The first-order valence-electron chi connectivity index (χ1n) is 4.19. The summed E-state index contributed by atoms with van der Waals surface area (Å²) in [6, 6.07) is 6.19. The number of halogens is 1. The van der Waals surface area contributed by atoms with E-state index < -0.39 is 0 Å². The molecule has 0 amide bonds. The van der Waals surface area contributed by atoms with E-state index in [1.165, 1.54) is 11.1 Å². The molecule has 1 rings (SSSR count). The molecule has 1 nitrogen and oxygen atoms in total. The average molecular weight is 184 g/mol. The quantitative estimate of drug-likeness (QED) is 0.760. The van der Waals surface area contributed by atoms with E-state index in [1.54, 1.807) is 0 Å². The van der Waals surface area contributed by atoms with Crippen LogP contribution in [-0.2, 0) is 13.0 Å². The van der Waals surface area contributed by atoms with Crippen LogP contribution in [0.25, 0.3) is 0 Å². The molecule has 0 spiro atoms. The minimum absolute atomic E-state index is 0.840. The molecule has 1 aromatic rings. The lowest BCUT2D eigenvalue weighted by molar-refractivity contribution is 0.816. The zero-order valence-electron chi connectivity index (χ0n) is 7.52. The summed E-state index contributed by atoms with van der Waals surface area (Å²) < 4.78 is 0. The second-order valence-electron chi connectivity index (χ2n) is 2.81. The highest BCUT2D eigenvalue weighted by atomic mass is 35.5. The standard InChI is InChI=1S/C10H14ClN/c1-3-8-4-5-10(11)9(6-8)7-12-2/h4-6,12H,3,7H2,1-2H3. The molecule has 2 heteroatoms. The normalized spacial score (nSPS) is 10.2. The van der Waals surface area contributed by atoms with Gasteiger partial charge in [0.15, 0.2) is 0 Å². The molecule has 0 bridgehead atoms. The predicted molar refractivity (Wildman–Crippen MR) is 53.6 cm³/mol. The molecule has 0 atom stereocenters. The fourth-order valence-corrected chi connectivity index (χ4v) is 1.36. The van der Waals surface area contributed by atoms with E-state index in [-0.39, 0.29) is 0 Å². The van der Waals surface area contributed by atoms with Crippen molar-refractivity contribution in [2.24, 2.45) is 0 Å². The number of hydrogen-bond donors (Lipinski definition) is 1. The Morgan fingerprint density at radius 3 is 2.75 bits per heavy atom. The summed E-state index contributed by atoms with van der Waals surface area (Å²) in [4.78, 5) is 0. The maximum absolute atomic E-state index is 5.99. The molecule has 0 saturated carbocycles. The molecular weight excluding hydrogens is 170 g/mol. The number of benzene rings is 1. The summed E-state index contributed by atoms with van der Waals surface area (Å²) in [6.07, 6.45) is 1.06. The van der Waals surface area contributed by atoms with Crippen LogP contribution in [0.3, 0.4) is 0 Å². The van der Waals surface area contributed by atoms with Gasteiger partial charge in [0.2, 0.25) is 0 Å². The zero-order chi connectivity index (χ0) is 8.97. The summed E-state index contributed by atoms with van der Waals surface area (Å²) >= 11 is 5.99. The van der Waals surface area contributed by atoms with Crippen LogP contribution >= 0.6 is 11.6 Å². The van der Waals surface area contributed by atoms with Gasteiger partial charge in [-0.15, -0.1) is 0 Å². The first-order chi connectivity index (χ1) is 5.77. The molecule has 0 aromatic heterocycles. The Bertz CT molecular complexity index is 258. The van der Waals surface area contributed by atoms with Crippen LogP contribution < -0.4 is 5.32 Å². The minimum Gasteiger partial charge on any atom is -0.316 e. The fraction of sp³-hybridized carbons (Fsp3) is 0.400. The minimum atomic E-state index is 0.840. The highest BCUT2D eigenvalue weighted by Crippen LogP contribution is 2.17. The molecule has 0 saturated heterocycles. The third-order valence-electron chi connectivity index (χ3n) is 1.89. The summed E-state index contributed by atoms with van der Waals surface area (Å²) in [5, 5.41) is 3.94. The lowest BCUT2D eigenvalue weighted by atomic mass is 10.1. The number of aryl methyl sites for hydroxylation is 1. The molecule has 12 heavy (non-hydrogen) atoms. The van der Waals surface area contributed by atoms with Crippen molar-refractivity contribution in [2.75, 3.05) is 7.05 Å². The highest BCUT2D eigenvalue weighted by Gasteiger charge is 1.99. The summed E-state index contributed by atoms with van der Waals surface area (Å²) in [5.41, 5.74) is 2.52. The van der Waals surface area contributed by atoms with Gasteiger partial charge in [-0.25, -0.2) is 0 Å². The number of nitrogens with one attached hydrogen (secondary N) is 1. The Hall–Kier alpha value is -0.530. The third-order valence-corrected chi connectivity index (χ3v) is 2.25. The van der Waals surface area contributed by atoms with Gasteiger partial charge in [0.25, 0.3) is 0 Å². The maximum Gasteiger partial charge on any atom is 0.0451 e. The molecule has 0 radical (unpaired) electrons. The van der Waals surface area contributed by atoms with E-state index in [2.05, 4.69) is 24.4 Å². The fourth-order valence-electron chi connectivity index (χ4n) is 1.17. The largest absolute Gasteiger partial charge is 0.316 e. The van der Waals surface area contributed by atoms with Crippen LogP contribution in [0.2, 0.25) is 5.02 Å². The second kappa shape index (κ2) is 4.48. The monoisotopic (exact) mass is 183 g/mol. The Morgan fingerprint density at radius 2 is 2.17 bits per heavy atom. The summed E-state index contributed by atoms with van der Waals surface area (Å²) in [6.45, 7) is 2.99. The predicted octanol–water partition coefficient (Wildman–Crippen LogP) is 2.62. The van der Waals surface area contributed by atoms with Crippen molar-refractivity contribution >= 4 is 11.6 Å². The van der Waals surface area contributed by atoms with Gasteiger partial charge in [-0.3, -0.25) is 0 Å². The Balaban J connectivity index is 2.91. The topological polar surface area (TPSA) is 12.0 Å². The van der Waals surface area contributed by atoms with E-state index in [0.717, 1.165) is 18.0 Å². The van der Waals surface area contributed by atoms with Crippen LogP contribution in [0, 0.1) is 0 Å². The molecule has 0 fully saturated rings. The van der Waals surface area contributed by atoms with Gasteiger partial charge in [0.1, 0.15) is 0 Å². The summed E-state index contributed by atoms with van der Waals surface area (Å²) in [7, 11) is 1.93. The van der Waals surface area contributed by atoms with Crippen LogP contribution in [-0.4, -0.2) is 7.05 Å². The average Bonchev–Trinajstić information content (AvgIpc) is 2.09. The lowest BCUT2D eigenvalue weighted by Gasteiger charge is -2.05. The van der Waals surface area contributed by atoms with Gasteiger partial charge in [0, 0.05) is 11.6 Å². The van der Waals surface area contributed by atoms with Crippen LogP contribution in [0.15, 0.2) is 18.2 Å². The van der Waals surface area contributed by atoms with Gasteiger partial charge in [0.05, 0.1) is 0 Å². The van der Waals surface area contributed by atoms with Crippen molar-refractivity contribution < 1.29 is 0 Å². The molecule has 0 aliphatic carbocycles. The van der Waals surface area contributed by atoms with Crippen LogP contribution in [0.5, 0.6) is 0 Å². The Morgan fingerprint density at radius 1 is 1.42 bits per heavy atom. The Kier molecular flexibility index (Phi) is 3.57. The van der Waals surface area contributed by atoms with Gasteiger partial charge >= 0.3 is 0 Å². The molecule has 66 valence electrons. The van der Waals surface area contributed by atoms with Crippen molar-refractivity contribution in [3.63, 3.8) is 0 Å². The van der Waals surface area contributed by atoms with Crippen molar-refractivity contribution in [3.8, 4) is 0 Å². The molecule has 0 heterocycles.